The van der Waals surface area contributed by atoms with Gasteiger partial charge in [0.2, 0.25) is 0 Å². The maximum Gasteiger partial charge on any atom is -1.00 e. The van der Waals surface area contributed by atoms with Gasteiger partial charge in [-0.15, -0.1) is 0 Å². The first kappa shape index (κ1) is 34.7. The molecular formula is C28H38Cl2O3Ti-2. The van der Waals surface area contributed by atoms with Gasteiger partial charge in [-0.1, -0.05) is 76.9 Å². The predicted molar refractivity (Wildman–Crippen MR) is 132 cm³/mol. The zero-order chi connectivity index (χ0) is 24.7. The summed E-state index contributed by atoms with van der Waals surface area (Å²) in [7, 11) is 0. The summed E-state index contributed by atoms with van der Waals surface area (Å²) in [4.78, 5) is 0. The van der Waals surface area contributed by atoms with E-state index in [-0.39, 0.29) is 35.6 Å². The van der Waals surface area contributed by atoms with E-state index in [1.165, 1.54) is 16.7 Å². The van der Waals surface area contributed by atoms with Gasteiger partial charge in [-0.25, -0.2) is 0 Å². The first-order valence-corrected chi connectivity index (χ1v) is 11.7. The van der Waals surface area contributed by atoms with Crippen LogP contribution in [0, 0.1) is 20.8 Å². The van der Waals surface area contributed by atoms with Crippen LogP contribution in [0.4, 0.5) is 0 Å². The van der Waals surface area contributed by atoms with E-state index in [0.717, 1.165) is 16.9 Å². The first-order chi connectivity index (χ1) is 14.7. The summed E-state index contributed by atoms with van der Waals surface area (Å²) < 4.78 is 7.01. The Morgan fingerprint density at radius 3 is 1.29 bits per heavy atom. The SMILES string of the molecule is Cc1ccc(O)c(C(C)(C)C)c1.Cc1ccc(O)c(C(C)(C)C)c1.Cc1ccoc1[CH]=[Ti].[Cl-].[Cl-]. The molecule has 2 aromatic carbocycles. The summed E-state index contributed by atoms with van der Waals surface area (Å²) >= 11 is 1.96. The molecule has 3 rings (SSSR count). The number of rotatable bonds is 1. The average Bonchev–Trinajstić information content (AvgIpc) is 3.10. The van der Waals surface area contributed by atoms with Crippen molar-refractivity contribution >= 4 is 4.31 Å². The zero-order valence-electron chi connectivity index (χ0n) is 21.8. The fourth-order valence-corrected chi connectivity index (χ4v) is 3.50. The molecule has 3 aromatic rings. The van der Waals surface area contributed by atoms with E-state index in [1.807, 2.05) is 75.4 Å². The molecule has 0 saturated heterocycles. The van der Waals surface area contributed by atoms with Crippen molar-refractivity contribution in [3.8, 4) is 11.5 Å². The summed E-state index contributed by atoms with van der Waals surface area (Å²) in [5.74, 6) is 1.77. The second kappa shape index (κ2) is 14.8. The molecule has 0 amide bonds. The minimum Gasteiger partial charge on any atom is -1.00 e. The van der Waals surface area contributed by atoms with E-state index >= 15 is 0 Å². The number of aryl methyl sites for hydroxylation is 3. The predicted octanol–water partition coefficient (Wildman–Crippen LogP) is 1.29. The average molecular weight is 541 g/mol. The normalized spacial score (nSPS) is 10.4. The van der Waals surface area contributed by atoms with Gasteiger partial charge >= 0.3 is 59.3 Å². The van der Waals surface area contributed by atoms with Gasteiger partial charge in [0.05, 0.1) is 0 Å². The molecule has 0 aliphatic heterocycles. The molecule has 0 saturated carbocycles. The molecule has 0 atom stereocenters. The quantitative estimate of drug-likeness (QED) is 0.457. The van der Waals surface area contributed by atoms with Crippen LogP contribution in [0.2, 0.25) is 0 Å². The molecule has 0 spiro atoms. The minimum absolute atomic E-state index is 0. The number of halogens is 2. The molecule has 6 heteroatoms. The summed E-state index contributed by atoms with van der Waals surface area (Å²) in [6.07, 6.45) is 1.70. The van der Waals surface area contributed by atoms with E-state index in [2.05, 4.69) is 41.5 Å². The Hall–Kier alpha value is -1.52. The fourth-order valence-electron chi connectivity index (χ4n) is 3.03. The Kier molecular flexibility index (Phi) is 15.1. The van der Waals surface area contributed by atoms with Crippen LogP contribution in [-0.2, 0) is 30.8 Å². The van der Waals surface area contributed by atoms with E-state index in [4.69, 9.17) is 4.42 Å². The Bertz CT molecular complexity index is 967. The van der Waals surface area contributed by atoms with Gasteiger partial charge in [0.1, 0.15) is 11.5 Å². The molecule has 0 radical (unpaired) electrons. The number of phenols is 2. The monoisotopic (exact) mass is 540 g/mol. The van der Waals surface area contributed by atoms with E-state index in [0.29, 0.717) is 11.5 Å². The third kappa shape index (κ3) is 11.3. The van der Waals surface area contributed by atoms with Gasteiger partial charge < -0.3 is 35.0 Å². The van der Waals surface area contributed by atoms with Gasteiger partial charge in [0.15, 0.2) is 0 Å². The van der Waals surface area contributed by atoms with Crippen molar-refractivity contribution in [1.29, 1.82) is 0 Å². The second-order valence-electron chi connectivity index (χ2n) is 10.2. The number of benzene rings is 2. The topological polar surface area (TPSA) is 53.6 Å². The van der Waals surface area contributed by atoms with E-state index < -0.39 is 0 Å². The van der Waals surface area contributed by atoms with Crippen molar-refractivity contribution in [3.05, 3.63) is 82.3 Å². The van der Waals surface area contributed by atoms with Crippen LogP contribution in [0.1, 0.15) is 75.1 Å². The number of phenolic OH excluding ortho intramolecular Hbond substituents is 2. The second-order valence-corrected chi connectivity index (χ2v) is 10.6. The molecule has 3 nitrogen and oxygen atoms in total. The molecule has 0 aliphatic carbocycles. The van der Waals surface area contributed by atoms with Crippen molar-refractivity contribution in [2.45, 2.75) is 73.1 Å². The Morgan fingerprint density at radius 2 is 1.09 bits per heavy atom. The minimum atomic E-state index is 0. The number of hydrogen-bond acceptors (Lipinski definition) is 3. The van der Waals surface area contributed by atoms with Crippen molar-refractivity contribution in [1.82, 2.24) is 0 Å². The number of hydrogen-bond donors (Lipinski definition) is 2. The third-order valence-electron chi connectivity index (χ3n) is 4.95. The largest absolute Gasteiger partial charge is 1.00 e. The van der Waals surface area contributed by atoms with Crippen LogP contribution in [0.3, 0.4) is 0 Å². The summed E-state index contributed by atoms with van der Waals surface area (Å²) in [6.45, 7) is 18.7. The van der Waals surface area contributed by atoms with Crippen LogP contribution in [-0.4, -0.2) is 14.5 Å². The molecular weight excluding hydrogens is 503 g/mol. The number of aromatic hydroxyl groups is 2. The first-order valence-electron chi connectivity index (χ1n) is 10.8. The van der Waals surface area contributed by atoms with E-state index in [9.17, 15) is 10.2 Å². The standard InChI is InChI=1S/2C11H16O.C6H6O.2ClH.Ti/c2*1-8-5-6-10(12)9(7-8)11(2,3)4;1-5-3-4-7-6(5)2;;;/h2*5-7,12H,1-4H3;2-4H,1H3;2*1H;/p-2. The number of furan rings is 1. The zero-order valence-corrected chi connectivity index (χ0v) is 24.8. The van der Waals surface area contributed by atoms with Gasteiger partial charge in [-0.05, 0) is 47.9 Å². The van der Waals surface area contributed by atoms with Gasteiger partial charge in [-0.3, -0.25) is 0 Å². The van der Waals surface area contributed by atoms with Crippen molar-refractivity contribution in [3.63, 3.8) is 0 Å². The maximum absolute atomic E-state index is 9.57. The molecule has 1 aromatic heterocycles. The van der Waals surface area contributed by atoms with Crippen LogP contribution in [0.5, 0.6) is 11.5 Å². The van der Waals surface area contributed by atoms with Crippen molar-refractivity contribution < 1.29 is 59.4 Å². The summed E-state index contributed by atoms with van der Waals surface area (Å²) in [6, 6.07) is 13.4. The molecule has 0 unspecified atom stereocenters. The summed E-state index contributed by atoms with van der Waals surface area (Å²) in [5.41, 5.74) is 5.67. The van der Waals surface area contributed by atoms with Crippen LogP contribution < -0.4 is 24.8 Å². The Balaban J connectivity index is 0. The van der Waals surface area contributed by atoms with Crippen LogP contribution in [0.15, 0.2) is 53.1 Å². The Morgan fingerprint density at radius 1 is 0.706 bits per heavy atom. The van der Waals surface area contributed by atoms with Crippen LogP contribution in [0.25, 0.3) is 0 Å². The molecule has 188 valence electrons. The van der Waals surface area contributed by atoms with Crippen molar-refractivity contribution in [2.75, 3.05) is 0 Å². The van der Waals surface area contributed by atoms with E-state index in [1.54, 1.807) is 18.4 Å². The van der Waals surface area contributed by atoms with Gasteiger partial charge in [-0.2, -0.15) is 0 Å². The molecule has 0 aliphatic rings. The third-order valence-corrected chi connectivity index (χ3v) is 5.36. The summed E-state index contributed by atoms with van der Waals surface area (Å²) in [5, 5.41) is 19.1. The maximum atomic E-state index is 9.57. The molecule has 1 heterocycles. The molecule has 2 N–H and O–H groups in total. The molecule has 0 fully saturated rings. The van der Waals surface area contributed by atoms with Gasteiger partial charge in [0, 0.05) is 0 Å². The van der Waals surface area contributed by atoms with Crippen molar-refractivity contribution in [2.24, 2.45) is 0 Å². The smallest absolute Gasteiger partial charge is 1.00 e. The van der Waals surface area contributed by atoms with Crippen LogP contribution >= 0.6 is 0 Å². The molecule has 0 bridgehead atoms. The van der Waals surface area contributed by atoms with Gasteiger partial charge in [0.25, 0.3) is 0 Å². The Labute approximate surface area is 229 Å². The fraction of sp³-hybridized carbons (Fsp3) is 0.393. The molecule has 34 heavy (non-hydrogen) atoms.